The number of amides is 1. The molecule has 1 N–H and O–H groups in total. The van der Waals surface area contributed by atoms with Crippen LogP contribution in [0.3, 0.4) is 0 Å². The summed E-state index contributed by atoms with van der Waals surface area (Å²) in [6, 6.07) is 19.9. The van der Waals surface area contributed by atoms with Gasteiger partial charge in [0.15, 0.2) is 0 Å². The number of fused-ring (bicyclic) bond motifs is 1. The van der Waals surface area contributed by atoms with Gasteiger partial charge < -0.3 is 0 Å². The van der Waals surface area contributed by atoms with Crippen LogP contribution in [0.5, 0.6) is 0 Å². The second-order valence-corrected chi connectivity index (χ2v) is 9.89. The molecule has 1 unspecified atom stereocenters. The molecule has 1 atom stereocenters. The van der Waals surface area contributed by atoms with Crippen molar-refractivity contribution in [2.24, 2.45) is 10.2 Å². The van der Waals surface area contributed by atoms with Crippen molar-refractivity contribution in [1.82, 2.24) is 0 Å². The molecule has 1 heterocycles. The van der Waals surface area contributed by atoms with E-state index in [-0.39, 0.29) is 16.8 Å². The smallest absolute Gasteiger partial charge is 0.280 e. The third-order valence-corrected chi connectivity index (χ3v) is 7.55. The number of benzene rings is 3. The van der Waals surface area contributed by atoms with Gasteiger partial charge in [0.1, 0.15) is 0 Å². The minimum Gasteiger partial charge on any atom is -0.280 e. The van der Waals surface area contributed by atoms with Crippen LogP contribution in [-0.2, 0) is 21.2 Å². The van der Waals surface area contributed by atoms with E-state index in [2.05, 4.69) is 15.0 Å². The molecule has 0 radical (unpaired) electrons. The number of hydrogen-bond acceptors (Lipinski definition) is 4. The molecule has 3 aromatic carbocycles. The van der Waals surface area contributed by atoms with E-state index in [1.807, 2.05) is 48.5 Å². The lowest BCUT2D eigenvalue weighted by Crippen LogP contribution is -2.23. The Morgan fingerprint density at radius 1 is 0.938 bits per heavy atom. The van der Waals surface area contributed by atoms with Gasteiger partial charge in [0.2, 0.25) is 0 Å². The Bertz CT molecular complexity index is 1370. The second-order valence-electron chi connectivity index (χ2n) is 8.23. The highest BCUT2D eigenvalue weighted by Gasteiger charge is 2.29. The van der Waals surface area contributed by atoms with Crippen LogP contribution in [0.2, 0.25) is 0 Å². The van der Waals surface area contributed by atoms with Crippen LogP contribution in [0, 0.1) is 0 Å². The summed E-state index contributed by atoms with van der Waals surface area (Å²) in [6.45, 7) is 0. The van der Waals surface area contributed by atoms with Gasteiger partial charge in [-0.15, -0.1) is 5.11 Å². The van der Waals surface area contributed by atoms with Crippen LogP contribution in [0.15, 0.2) is 93.0 Å². The van der Waals surface area contributed by atoms with Crippen molar-refractivity contribution in [2.75, 3.05) is 4.72 Å². The van der Waals surface area contributed by atoms with Gasteiger partial charge in [-0.3, -0.25) is 9.52 Å². The molecule has 1 aliphatic carbocycles. The van der Waals surface area contributed by atoms with Crippen molar-refractivity contribution in [3.05, 3.63) is 83.4 Å². The fourth-order valence-corrected chi connectivity index (χ4v) is 5.86. The Morgan fingerprint density at radius 2 is 1.72 bits per heavy atom. The summed E-state index contributed by atoms with van der Waals surface area (Å²) in [5, 5.41) is 9.67. The van der Waals surface area contributed by atoms with Crippen LogP contribution >= 0.6 is 0 Å². The number of nitrogens with zero attached hydrogens (tertiary/aromatic N) is 2. The summed E-state index contributed by atoms with van der Waals surface area (Å²) in [6.07, 6.45) is 4.30. The SMILES string of the molecule is O=C1N=NC(Cc2cccc(NS(=O)(=O)c3cccc4ccccc34)c2)C2=C1CCCC2. The number of rotatable bonds is 5. The second kappa shape index (κ2) is 8.31. The zero-order valence-electron chi connectivity index (χ0n) is 17.5. The fourth-order valence-electron chi connectivity index (χ4n) is 4.58. The average molecular weight is 446 g/mol. The molecule has 0 fully saturated rings. The first-order valence-corrected chi connectivity index (χ1v) is 12.3. The predicted molar refractivity (Wildman–Crippen MR) is 124 cm³/mol. The number of carbonyl (C=O) groups excluding carboxylic acids is 1. The third kappa shape index (κ3) is 3.96. The van der Waals surface area contributed by atoms with E-state index in [0.29, 0.717) is 17.5 Å². The first-order chi connectivity index (χ1) is 15.5. The molecule has 0 aromatic heterocycles. The largest absolute Gasteiger partial charge is 0.291 e. The number of carbonyl (C=O) groups is 1. The van der Waals surface area contributed by atoms with Crippen molar-refractivity contribution in [1.29, 1.82) is 0 Å². The van der Waals surface area contributed by atoms with E-state index in [9.17, 15) is 13.2 Å². The molecular weight excluding hydrogens is 422 g/mol. The maximum atomic E-state index is 13.2. The summed E-state index contributed by atoms with van der Waals surface area (Å²) in [5.41, 5.74) is 3.36. The van der Waals surface area contributed by atoms with Crippen LogP contribution in [-0.4, -0.2) is 20.4 Å². The van der Waals surface area contributed by atoms with E-state index in [0.717, 1.165) is 47.8 Å². The van der Waals surface area contributed by atoms with Gasteiger partial charge in [-0.2, -0.15) is 5.11 Å². The normalized spacial score (nSPS) is 18.6. The monoisotopic (exact) mass is 445 g/mol. The van der Waals surface area contributed by atoms with Crippen molar-refractivity contribution in [2.45, 2.75) is 43.0 Å². The summed E-state index contributed by atoms with van der Waals surface area (Å²) in [5.74, 6) is -0.201. The number of anilines is 1. The quantitative estimate of drug-likeness (QED) is 0.569. The van der Waals surface area contributed by atoms with E-state index < -0.39 is 10.0 Å². The zero-order valence-corrected chi connectivity index (χ0v) is 18.3. The predicted octanol–water partition coefficient (Wildman–Crippen LogP) is 5.41. The highest BCUT2D eigenvalue weighted by molar-refractivity contribution is 7.93. The molecule has 7 heteroatoms. The maximum absolute atomic E-state index is 13.2. The lowest BCUT2D eigenvalue weighted by molar-refractivity contribution is -0.115. The van der Waals surface area contributed by atoms with Gasteiger partial charge in [-0.1, -0.05) is 48.5 Å². The summed E-state index contributed by atoms with van der Waals surface area (Å²) >= 11 is 0. The number of azo groups is 1. The zero-order chi connectivity index (χ0) is 22.1. The molecule has 162 valence electrons. The maximum Gasteiger partial charge on any atom is 0.291 e. The topological polar surface area (TPSA) is 88.0 Å². The highest BCUT2D eigenvalue weighted by Crippen LogP contribution is 2.34. The van der Waals surface area contributed by atoms with E-state index in [1.54, 1.807) is 18.2 Å². The van der Waals surface area contributed by atoms with E-state index in [1.165, 1.54) is 0 Å². The molecule has 0 saturated heterocycles. The Kier molecular flexibility index (Phi) is 5.35. The molecule has 6 nitrogen and oxygen atoms in total. The number of sulfonamides is 1. The highest BCUT2D eigenvalue weighted by atomic mass is 32.2. The molecular formula is C25H23N3O3S. The van der Waals surface area contributed by atoms with Crippen molar-refractivity contribution in [3.8, 4) is 0 Å². The Labute approximate surface area is 187 Å². The molecule has 1 aliphatic heterocycles. The van der Waals surface area contributed by atoms with Crippen LogP contribution in [0.4, 0.5) is 5.69 Å². The van der Waals surface area contributed by atoms with Crippen molar-refractivity contribution in [3.63, 3.8) is 0 Å². The minimum atomic E-state index is -3.76. The van der Waals surface area contributed by atoms with Crippen LogP contribution in [0.25, 0.3) is 10.8 Å². The number of hydrogen-bond donors (Lipinski definition) is 1. The third-order valence-electron chi connectivity index (χ3n) is 6.11. The van der Waals surface area contributed by atoms with Crippen molar-refractivity contribution < 1.29 is 13.2 Å². The van der Waals surface area contributed by atoms with Crippen LogP contribution < -0.4 is 4.72 Å². The average Bonchev–Trinajstić information content (AvgIpc) is 2.81. The molecule has 3 aromatic rings. The molecule has 0 spiro atoms. The molecule has 1 amide bonds. The van der Waals surface area contributed by atoms with Gasteiger partial charge in [-0.05, 0) is 60.4 Å². The summed E-state index contributed by atoms with van der Waals surface area (Å²) < 4.78 is 29.0. The molecule has 2 aliphatic rings. The molecule has 5 rings (SSSR count). The molecule has 0 saturated carbocycles. The van der Waals surface area contributed by atoms with Gasteiger partial charge >= 0.3 is 0 Å². The Balaban J connectivity index is 1.40. The van der Waals surface area contributed by atoms with Gasteiger partial charge in [-0.25, -0.2) is 8.42 Å². The first-order valence-electron chi connectivity index (χ1n) is 10.8. The Hall–Kier alpha value is -3.32. The fraction of sp³-hybridized carbons (Fsp3) is 0.240. The lowest BCUT2D eigenvalue weighted by Gasteiger charge is -2.25. The van der Waals surface area contributed by atoms with Crippen LogP contribution in [0.1, 0.15) is 31.2 Å². The van der Waals surface area contributed by atoms with Gasteiger partial charge in [0.25, 0.3) is 15.9 Å². The first kappa shape index (κ1) is 20.6. The van der Waals surface area contributed by atoms with Crippen molar-refractivity contribution >= 4 is 32.4 Å². The summed E-state index contributed by atoms with van der Waals surface area (Å²) in [7, 11) is -3.76. The molecule has 32 heavy (non-hydrogen) atoms. The molecule has 0 bridgehead atoms. The lowest BCUT2D eigenvalue weighted by atomic mass is 9.84. The van der Waals surface area contributed by atoms with E-state index >= 15 is 0 Å². The van der Waals surface area contributed by atoms with Gasteiger partial charge in [0, 0.05) is 23.1 Å². The van der Waals surface area contributed by atoms with E-state index in [4.69, 9.17) is 0 Å². The minimum absolute atomic E-state index is 0.159. The van der Waals surface area contributed by atoms with Gasteiger partial charge in [0.05, 0.1) is 10.9 Å². The standard InChI is InChI=1S/C25H23N3O3S/c29-25-22-13-4-3-12-21(22)23(26-27-25)16-17-7-5-10-19(15-17)28-32(30,31)24-14-6-9-18-8-1-2-11-20(18)24/h1-2,5-11,14-15,23,28H,3-4,12-13,16H2. The number of nitrogens with one attached hydrogen (secondary N) is 1. The summed E-state index contributed by atoms with van der Waals surface area (Å²) in [4.78, 5) is 12.3. The Morgan fingerprint density at radius 3 is 2.62 bits per heavy atom.